The molecule has 0 saturated heterocycles. The molecule has 2 aliphatic rings. The lowest BCUT2D eigenvalue weighted by atomic mass is 10.1. The third-order valence-electron chi connectivity index (χ3n) is 3.50. The summed E-state index contributed by atoms with van der Waals surface area (Å²) >= 11 is 5.95. The average molecular weight is 351 g/mol. The zero-order valence-electron chi connectivity index (χ0n) is 13.0. The van der Waals surface area contributed by atoms with E-state index in [2.05, 4.69) is 5.48 Å². The van der Waals surface area contributed by atoms with E-state index in [0.717, 1.165) is 0 Å². The number of nitrogens with zero attached hydrogens (tertiary/aromatic N) is 1. The molecule has 2 heterocycles. The molecule has 1 unspecified atom stereocenters. The van der Waals surface area contributed by atoms with E-state index >= 15 is 0 Å². The van der Waals surface area contributed by atoms with Crippen LogP contribution in [-0.4, -0.2) is 36.7 Å². The number of hydrogen-bond donors (Lipinski definition) is 1. The van der Waals surface area contributed by atoms with Gasteiger partial charge < -0.3 is 9.47 Å². The van der Waals surface area contributed by atoms with E-state index in [-0.39, 0.29) is 18.1 Å². The standard InChI is InChI=1S/C16H15ClN2O5/c1-3-23-16(21)10-7-14-19(8-12(10)18-22-2)15(20)11-6-9(17)4-5-13(11)24-14/h4-8,14,18H,3H2,1-2H3. The Labute approximate surface area is 143 Å². The fourth-order valence-electron chi connectivity index (χ4n) is 2.48. The number of rotatable bonds is 4. The summed E-state index contributed by atoms with van der Waals surface area (Å²) in [5.41, 5.74) is 3.45. The molecule has 1 aromatic carbocycles. The first-order valence-electron chi connectivity index (χ1n) is 7.24. The van der Waals surface area contributed by atoms with E-state index in [9.17, 15) is 9.59 Å². The van der Waals surface area contributed by atoms with Crippen LogP contribution in [0.3, 0.4) is 0 Å². The maximum Gasteiger partial charge on any atom is 0.340 e. The molecule has 126 valence electrons. The minimum absolute atomic E-state index is 0.227. The van der Waals surface area contributed by atoms with Gasteiger partial charge in [0, 0.05) is 11.2 Å². The summed E-state index contributed by atoms with van der Waals surface area (Å²) in [6.07, 6.45) is 2.20. The maximum absolute atomic E-state index is 12.7. The molecule has 2 aliphatic heterocycles. The van der Waals surface area contributed by atoms with Crippen LogP contribution in [0, 0.1) is 0 Å². The van der Waals surface area contributed by atoms with Crippen molar-refractivity contribution in [2.45, 2.75) is 13.2 Å². The molecule has 0 fully saturated rings. The quantitative estimate of drug-likeness (QED) is 0.661. The summed E-state index contributed by atoms with van der Waals surface area (Å²) in [4.78, 5) is 31.0. The lowest BCUT2D eigenvalue weighted by Gasteiger charge is -2.36. The van der Waals surface area contributed by atoms with Gasteiger partial charge in [0.05, 0.1) is 30.6 Å². The molecule has 0 aliphatic carbocycles. The second-order valence-electron chi connectivity index (χ2n) is 5.01. The van der Waals surface area contributed by atoms with Crippen LogP contribution in [0.2, 0.25) is 5.02 Å². The van der Waals surface area contributed by atoms with Gasteiger partial charge >= 0.3 is 5.97 Å². The minimum atomic E-state index is -0.756. The van der Waals surface area contributed by atoms with Gasteiger partial charge in [0.25, 0.3) is 5.91 Å². The van der Waals surface area contributed by atoms with Gasteiger partial charge in [0.1, 0.15) is 5.75 Å². The highest BCUT2D eigenvalue weighted by Crippen LogP contribution is 2.34. The van der Waals surface area contributed by atoms with Gasteiger partial charge in [0.2, 0.25) is 0 Å². The molecule has 24 heavy (non-hydrogen) atoms. The lowest BCUT2D eigenvalue weighted by Crippen LogP contribution is -2.46. The smallest absolute Gasteiger partial charge is 0.340 e. The van der Waals surface area contributed by atoms with Crippen LogP contribution in [0.25, 0.3) is 0 Å². The maximum atomic E-state index is 12.7. The number of fused-ring (bicyclic) bond motifs is 2. The highest BCUT2D eigenvalue weighted by Gasteiger charge is 2.37. The molecule has 0 radical (unpaired) electrons. The molecular weight excluding hydrogens is 336 g/mol. The van der Waals surface area contributed by atoms with Gasteiger partial charge in [-0.2, -0.15) is 0 Å². The molecule has 1 amide bonds. The van der Waals surface area contributed by atoms with Crippen molar-refractivity contribution in [2.24, 2.45) is 0 Å². The number of esters is 1. The van der Waals surface area contributed by atoms with Crippen LogP contribution in [0.1, 0.15) is 17.3 Å². The third kappa shape index (κ3) is 2.83. The van der Waals surface area contributed by atoms with Crippen LogP contribution in [0.15, 0.2) is 41.7 Å². The van der Waals surface area contributed by atoms with Crippen molar-refractivity contribution in [3.8, 4) is 5.75 Å². The SMILES string of the molecule is CCOC(=O)C1=CC2Oc3ccc(Cl)cc3C(=O)N2C=C1NOC. The summed E-state index contributed by atoms with van der Waals surface area (Å²) < 4.78 is 10.8. The lowest BCUT2D eigenvalue weighted by molar-refractivity contribution is -0.138. The molecule has 0 saturated carbocycles. The number of carbonyl (C=O) groups is 2. The van der Waals surface area contributed by atoms with Gasteiger partial charge in [-0.1, -0.05) is 11.6 Å². The van der Waals surface area contributed by atoms with Gasteiger partial charge in [-0.15, -0.1) is 0 Å². The molecule has 0 aromatic heterocycles. The third-order valence-corrected chi connectivity index (χ3v) is 3.74. The van der Waals surface area contributed by atoms with Crippen molar-refractivity contribution in [3.05, 3.63) is 52.3 Å². The van der Waals surface area contributed by atoms with Crippen molar-refractivity contribution in [1.82, 2.24) is 10.4 Å². The first-order chi connectivity index (χ1) is 11.5. The Balaban J connectivity index is 2.01. The summed E-state index contributed by atoms with van der Waals surface area (Å²) in [7, 11) is 1.40. The second kappa shape index (κ2) is 6.54. The van der Waals surface area contributed by atoms with E-state index in [0.29, 0.717) is 22.0 Å². The van der Waals surface area contributed by atoms with Gasteiger partial charge in [-0.05, 0) is 31.2 Å². The van der Waals surface area contributed by atoms with Gasteiger partial charge in [-0.25, -0.2) is 4.79 Å². The van der Waals surface area contributed by atoms with Crippen LogP contribution in [-0.2, 0) is 14.4 Å². The Morgan fingerprint density at radius 1 is 1.46 bits per heavy atom. The monoisotopic (exact) mass is 350 g/mol. The number of halogens is 1. The van der Waals surface area contributed by atoms with E-state index in [1.807, 2.05) is 0 Å². The van der Waals surface area contributed by atoms with Crippen molar-refractivity contribution >= 4 is 23.5 Å². The molecule has 7 nitrogen and oxygen atoms in total. The van der Waals surface area contributed by atoms with E-state index < -0.39 is 12.2 Å². The summed E-state index contributed by atoms with van der Waals surface area (Å²) in [6, 6.07) is 4.80. The summed E-state index contributed by atoms with van der Waals surface area (Å²) in [6.45, 7) is 1.94. The van der Waals surface area contributed by atoms with Crippen LogP contribution < -0.4 is 10.2 Å². The number of nitrogens with one attached hydrogen (secondary N) is 1. The zero-order valence-corrected chi connectivity index (χ0v) is 13.8. The molecule has 3 rings (SSSR count). The number of amides is 1. The molecular formula is C16H15ClN2O5. The Morgan fingerprint density at radius 3 is 2.96 bits per heavy atom. The van der Waals surface area contributed by atoms with Gasteiger partial charge in [0.15, 0.2) is 6.23 Å². The van der Waals surface area contributed by atoms with Crippen molar-refractivity contribution in [2.75, 3.05) is 13.7 Å². The zero-order chi connectivity index (χ0) is 17.3. The van der Waals surface area contributed by atoms with E-state index in [1.54, 1.807) is 19.1 Å². The fourth-order valence-corrected chi connectivity index (χ4v) is 2.65. The largest absolute Gasteiger partial charge is 0.466 e. The Kier molecular flexibility index (Phi) is 4.46. The average Bonchev–Trinajstić information content (AvgIpc) is 2.56. The predicted molar refractivity (Wildman–Crippen MR) is 85.0 cm³/mol. The predicted octanol–water partition coefficient (Wildman–Crippen LogP) is 2.00. The molecule has 0 bridgehead atoms. The Morgan fingerprint density at radius 2 is 2.25 bits per heavy atom. The van der Waals surface area contributed by atoms with Crippen molar-refractivity contribution in [1.29, 1.82) is 0 Å². The summed E-state index contributed by atoms with van der Waals surface area (Å²) in [5, 5.41) is 0.433. The molecule has 1 atom stereocenters. The number of carbonyl (C=O) groups excluding carboxylic acids is 2. The van der Waals surface area contributed by atoms with Gasteiger partial charge in [-0.3, -0.25) is 20.0 Å². The molecule has 1 aromatic rings. The highest BCUT2D eigenvalue weighted by atomic mass is 35.5. The Hall–Kier alpha value is -2.51. The number of hydroxylamine groups is 1. The van der Waals surface area contributed by atoms with Crippen LogP contribution in [0.4, 0.5) is 0 Å². The molecule has 1 N–H and O–H groups in total. The Bertz CT molecular complexity index is 759. The topological polar surface area (TPSA) is 77.1 Å². The van der Waals surface area contributed by atoms with Crippen LogP contribution >= 0.6 is 11.6 Å². The highest BCUT2D eigenvalue weighted by molar-refractivity contribution is 6.31. The molecule has 8 heteroatoms. The fraction of sp³-hybridized carbons (Fsp3) is 0.250. The number of hydrogen-bond acceptors (Lipinski definition) is 6. The van der Waals surface area contributed by atoms with Crippen molar-refractivity contribution in [3.63, 3.8) is 0 Å². The van der Waals surface area contributed by atoms with E-state index in [1.165, 1.54) is 30.4 Å². The van der Waals surface area contributed by atoms with Crippen LogP contribution in [0.5, 0.6) is 5.75 Å². The van der Waals surface area contributed by atoms with E-state index in [4.69, 9.17) is 25.9 Å². The summed E-state index contributed by atoms with van der Waals surface area (Å²) in [5.74, 6) is -0.425. The first kappa shape index (κ1) is 16.4. The normalized spacial score (nSPS) is 18.7. The number of ether oxygens (including phenoxy) is 2. The second-order valence-corrected chi connectivity index (χ2v) is 5.45. The minimum Gasteiger partial charge on any atom is -0.466 e. The number of benzene rings is 1. The van der Waals surface area contributed by atoms with Crippen molar-refractivity contribution < 1.29 is 23.9 Å². The first-order valence-corrected chi connectivity index (χ1v) is 7.62. The molecule has 0 spiro atoms.